The molecule has 0 spiro atoms. The number of amidine groups is 1. The Hall–Kier alpha value is -1.56. The van der Waals surface area contributed by atoms with Crippen LogP contribution >= 0.6 is 11.8 Å². The maximum Gasteiger partial charge on any atom is 0.269 e. The Balaban J connectivity index is 2.24. The monoisotopic (exact) mass is 335 g/mol. The number of rotatable bonds is 7. The van der Waals surface area contributed by atoms with Crippen molar-refractivity contribution in [1.29, 1.82) is 0 Å². The third kappa shape index (κ3) is 4.47. The van der Waals surface area contributed by atoms with Crippen molar-refractivity contribution in [1.82, 2.24) is 4.90 Å². The summed E-state index contributed by atoms with van der Waals surface area (Å²) in [6.45, 7) is 7.37. The van der Waals surface area contributed by atoms with E-state index in [4.69, 9.17) is 4.99 Å². The highest BCUT2D eigenvalue weighted by Gasteiger charge is 2.26. The summed E-state index contributed by atoms with van der Waals surface area (Å²) < 4.78 is 0. The molecule has 0 atom stereocenters. The highest BCUT2D eigenvalue weighted by Crippen LogP contribution is 2.30. The van der Waals surface area contributed by atoms with Crippen molar-refractivity contribution in [2.45, 2.75) is 52.5 Å². The normalized spacial score (nSPS) is 16.5. The zero-order valence-corrected chi connectivity index (χ0v) is 14.9. The molecule has 1 aromatic rings. The Labute approximate surface area is 142 Å². The van der Waals surface area contributed by atoms with E-state index in [0.717, 1.165) is 28.7 Å². The van der Waals surface area contributed by atoms with Gasteiger partial charge in [0.25, 0.3) is 5.69 Å². The molecule has 23 heavy (non-hydrogen) atoms. The lowest BCUT2D eigenvalue weighted by Gasteiger charge is -2.29. The SMILES string of the molecule is CCCC(CCC)N1CCSC1=Nc1ccc([N+](=O)[O-])cc1C. The first-order valence-corrected chi connectivity index (χ1v) is 9.28. The van der Waals surface area contributed by atoms with Gasteiger partial charge in [-0.1, -0.05) is 38.5 Å². The lowest BCUT2D eigenvalue weighted by Crippen LogP contribution is -2.35. The van der Waals surface area contributed by atoms with Crippen LogP contribution in [0.1, 0.15) is 45.1 Å². The Bertz CT molecular complexity index is 583. The minimum absolute atomic E-state index is 0.122. The standard InChI is InChI=1S/C17H25N3O2S/c1-4-6-14(7-5-2)19-10-11-23-17(19)18-16-9-8-15(20(21)22)12-13(16)3/h8-9,12,14H,4-7,10-11H2,1-3H3. The molecule has 2 rings (SSSR count). The predicted molar refractivity (Wildman–Crippen MR) is 97.7 cm³/mol. The second kappa shape index (κ2) is 8.34. The zero-order chi connectivity index (χ0) is 16.8. The molecule has 1 saturated heterocycles. The number of nitro groups is 1. The first-order chi connectivity index (χ1) is 11.1. The van der Waals surface area contributed by atoms with Crippen LogP contribution in [0.25, 0.3) is 0 Å². The van der Waals surface area contributed by atoms with Crippen LogP contribution in [0.5, 0.6) is 0 Å². The van der Waals surface area contributed by atoms with E-state index in [9.17, 15) is 10.1 Å². The molecule has 1 heterocycles. The van der Waals surface area contributed by atoms with Crippen molar-refractivity contribution in [2.75, 3.05) is 12.3 Å². The molecular formula is C17H25N3O2S. The third-order valence-electron chi connectivity index (χ3n) is 4.10. The maximum atomic E-state index is 10.9. The van der Waals surface area contributed by atoms with Crippen LogP contribution in [0.4, 0.5) is 11.4 Å². The van der Waals surface area contributed by atoms with Gasteiger partial charge in [0.1, 0.15) is 0 Å². The van der Waals surface area contributed by atoms with Gasteiger partial charge in [-0.3, -0.25) is 10.1 Å². The predicted octanol–water partition coefficient (Wildman–Crippen LogP) is 4.91. The van der Waals surface area contributed by atoms with Gasteiger partial charge >= 0.3 is 0 Å². The molecule has 1 fully saturated rings. The molecule has 0 amide bonds. The van der Waals surface area contributed by atoms with E-state index in [2.05, 4.69) is 18.7 Å². The highest BCUT2D eigenvalue weighted by molar-refractivity contribution is 8.14. The van der Waals surface area contributed by atoms with Crippen LogP contribution in [0, 0.1) is 17.0 Å². The van der Waals surface area contributed by atoms with Gasteiger partial charge in [0.2, 0.25) is 0 Å². The first-order valence-electron chi connectivity index (χ1n) is 8.30. The van der Waals surface area contributed by atoms with E-state index in [0.29, 0.717) is 6.04 Å². The van der Waals surface area contributed by atoms with Crippen LogP contribution < -0.4 is 0 Å². The van der Waals surface area contributed by atoms with Crippen LogP contribution in [-0.4, -0.2) is 33.3 Å². The fraction of sp³-hybridized carbons (Fsp3) is 0.588. The Morgan fingerprint density at radius 1 is 1.35 bits per heavy atom. The Morgan fingerprint density at radius 2 is 2.04 bits per heavy atom. The summed E-state index contributed by atoms with van der Waals surface area (Å²) in [5.41, 5.74) is 1.80. The van der Waals surface area contributed by atoms with Crippen molar-refractivity contribution in [3.8, 4) is 0 Å². The zero-order valence-electron chi connectivity index (χ0n) is 14.1. The molecule has 0 aromatic heterocycles. The third-order valence-corrected chi connectivity index (χ3v) is 5.07. The van der Waals surface area contributed by atoms with Crippen LogP contribution in [0.3, 0.4) is 0 Å². The molecule has 0 unspecified atom stereocenters. The number of benzene rings is 1. The van der Waals surface area contributed by atoms with Crippen LogP contribution in [0.15, 0.2) is 23.2 Å². The number of nitro benzene ring substituents is 1. The minimum Gasteiger partial charge on any atom is -0.347 e. The summed E-state index contributed by atoms with van der Waals surface area (Å²) in [7, 11) is 0. The first kappa shape index (κ1) is 17.8. The largest absolute Gasteiger partial charge is 0.347 e. The van der Waals surface area contributed by atoms with Crippen molar-refractivity contribution in [3.05, 3.63) is 33.9 Å². The van der Waals surface area contributed by atoms with Gasteiger partial charge in [-0.15, -0.1) is 0 Å². The van der Waals surface area contributed by atoms with Crippen molar-refractivity contribution < 1.29 is 4.92 Å². The molecule has 126 valence electrons. The van der Waals surface area contributed by atoms with Crippen molar-refractivity contribution >= 4 is 28.3 Å². The molecular weight excluding hydrogens is 310 g/mol. The number of thioether (sulfide) groups is 1. The fourth-order valence-electron chi connectivity index (χ4n) is 2.95. The average molecular weight is 335 g/mol. The number of aryl methyl sites for hydroxylation is 1. The Morgan fingerprint density at radius 3 is 2.61 bits per heavy atom. The van der Waals surface area contributed by atoms with E-state index in [1.54, 1.807) is 23.9 Å². The molecule has 0 bridgehead atoms. The van der Waals surface area contributed by atoms with Crippen molar-refractivity contribution in [2.24, 2.45) is 4.99 Å². The lowest BCUT2D eigenvalue weighted by molar-refractivity contribution is -0.384. The molecule has 1 aliphatic rings. The summed E-state index contributed by atoms with van der Waals surface area (Å²) in [6.07, 6.45) is 4.73. The summed E-state index contributed by atoms with van der Waals surface area (Å²) in [5.74, 6) is 1.06. The molecule has 0 radical (unpaired) electrons. The summed E-state index contributed by atoms with van der Waals surface area (Å²) >= 11 is 1.79. The van der Waals surface area contributed by atoms with Crippen molar-refractivity contribution in [3.63, 3.8) is 0 Å². The lowest BCUT2D eigenvalue weighted by atomic mass is 10.1. The smallest absolute Gasteiger partial charge is 0.269 e. The second-order valence-corrected chi connectivity index (χ2v) is 6.96. The fourth-order valence-corrected chi connectivity index (χ4v) is 3.99. The van der Waals surface area contributed by atoms with Gasteiger partial charge in [0.05, 0.1) is 10.6 Å². The van der Waals surface area contributed by atoms with E-state index < -0.39 is 0 Å². The molecule has 5 nitrogen and oxygen atoms in total. The number of nitrogens with zero attached hydrogens (tertiary/aromatic N) is 3. The number of aliphatic imine (C=N–C) groups is 1. The van der Waals surface area contributed by atoms with Gasteiger partial charge in [0, 0.05) is 30.5 Å². The molecule has 1 aliphatic heterocycles. The van der Waals surface area contributed by atoms with Gasteiger partial charge in [-0.2, -0.15) is 0 Å². The van der Waals surface area contributed by atoms with Crippen LogP contribution in [0.2, 0.25) is 0 Å². The van der Waals surface area contributed by atoms with Gasteiger partial charge in [-0.05, 0) is 31.4 Å². The van der Waals surface area contributed by atoms with E-state index in [1.165, 1.54) is 31.7 Å². The van der Waals surface area contributed by atoms with Gasteiger partial charge in [-0.25, -0.2) is 4.99 Å². The molecule has 6 heteroatoms. The average Bonchev–Trinajstić information content (AvgIpc) is 2.97. The number of hydrogen-bond acceptors (Lipinski definition) is 4. The molecule has 1 aromatic carbocycles. The molecule has 0 saturated carbocycles. The summed E-state index contributed by atoms with van der Waals surface area (Å²) in [5, 5.41) is 11.9. The number of hydrogen-bond donors (Lipinski definition) is 0. The number of non-ortho nitro benzene ring substituents is 1. The topological polar surface area (TPSA) is 58.7 Å². The minimum atomic E-state index is -0.362. The van der Waals surface area contributed by atoms with E-state index in [-0.39, 0.29) is 10.6 Å². The Kier molecular flexibility index (Phi) is 6.45. The van der Waals surface area contributed by atoms with Gasteiger partial charge in [0.15, 0.2) is 5.17 Å². The summed E-state index contributed by atoms with van der Waals surface area (Å²) in [6, 6.07) is 5.44. The van der Waals surface area contributed by atoms with E-state index >= 15 is 0 Å². The quantitative estimate of drug-likeness (QED) is 0.525. The second-order valence-electron chi connectivity index (χ2n) is 5.90. The van der Waals surface area contributed by atoms with Gasteiger partial charge < -0.3 is 4.90 Å². The molecule has 0 N–H and O–H groups in total. The van der Waals surface area contributed by atoms with Crippen LogP contribution in [-0.2, 0) is 0 Å². The molecule has 0 aliphatic carbocycles. The van der Waals surface area contributed by atoms with E-state index in [1.807, 2.05) is 6.92 Å². The highest BCUT2D eigenvalue weighted by atomic mass is 32.2. The maximum absolute atomic E-state index is 10.9. The summed E-state index contributed by atoms with van der Waals surface area (Å²) in [4.78, 5) is 17.7.